The Morgan fingerprint density at radius 1 is 1.08 bits per heavy atom. The Morgan fingerprint density at radius 3 is 2.58 bits per heavy atom. The SMILES string of the molecule is COc1cc(C2CN(c3nc(-c4ccc(F)cc4F)c4nc(C(F)(F)F)n(C)c(=O)c4n3)CCO2)ccn1. The summed E-state index contributed by atoms with van der Waals surface area (Å²) in [5.74, 6) is -3.17. The number of methoxy groups -OCH3 is 1. The van der Waals surface area contributed by atoms with Gasteiger partial charge in [0, 0.05) is 37.5 Å². The number of ether oxygens (including phenoxy) is 2. The molecule has 0 radical (unpaired) electrons. The van der Waals surface area contributed by atoms with Gasteiger partial charge in [-0.3, -0.25) is 9.36 Å². The molecular formula is C24H19F5N6O3. The van der Waals surface area contributed by atoms with Crippen molar-refractivity contribution in [1.82, 2.24) is 24.5 Å². The van der Waals surface area contributed by atoms with E-state index >= 15 is 0 Å². The minimum absolute atomic E-state index is 0.0517. The Labute approximate surface area is 211 Å². The summed E-state index contributed by atoms with van der Waals surface area (Å²) >= 11 is 0. The molecular weight excluding hydrogens is 515 g/mol. The molecule has 1 aromatic carbocycles. The lowest BCUT2D eigenvalue weighted by molar-refractivity contribution is -0.147. The van der Waals surface area contributed by atoms with Crippen LogP contribution < -0.4 is 15.2 Å². The molecule has 0 amide bonds. The number of rotatable bonds is 4. The van der Waals surface area contributed by atoms with E-state index in [1.165, 1.54) is 7.11 Å². The van der Waals surface area contributed by atoms with Gasteiger partial charge in [0.1, 0.15) is 28.9 Å². The normalized spacial score (nSPS) is 16.2. The fourth-order valence-corrected chi connectivity index (χ4v) is 4.17. The number of halogens is 5. The van der Waals surface area contributed by atoms with Crippen molar-refractivity contribution in [2.45, 2.75) is 12.3 Å². The number of benzene rings is 1. The van der Waals surface area contributed by atoms with Crippen LogP contribution in [-0.2, 0) is 18.0 Å². The van der Waals surface area contributed by atoms with E-state index < -0.39 is 46.3 Å². The van der Waals surface area contributed by atoms with E-state index in [9.17, 15) is 26.7 Å². The highest BCUT2D eigenvalue weighted by Crippen LogP contribution is 2.33. The van der Waals surface area contributed by atoms with E-state index in [0.717, 1.165) is 24.7 Å². The summed E-state index contributed by atoms with van der Waals surface area (Å²) in [5, 5.41) is 0. The number of alkyl halides is 3. The topological polar surface area (TPSA) is 95.3 Å². The quantitative estimate of drug-likeness (QED) is 0.366. The molecule has 9 nitrogen and oxygen atoms in total. The zero-order chi connectivity index (χ0) is 27.2. The highest BCUT2D eigenvalue weighted by molar-refractivity contribution is 5.89. The Morgan fingerprint density at radius 2 is 1.87 bits per heavy atom. The molecule has 3 aromatic heterocycles. The van der Waals surface area contributed by atoms with E-state index in [0.29, 0.717) is 16.5 Å². The average molecular weight is 534 g/mol. The highest BCUT2D eigenvalue weighted by atomic mass is 19.4. The first-order chi connectivity index (χ1) is 18.1. The number of hydrogen-bond acceptors (Lipinski definition) is 8. The second-order valence-corrected chi connectivity index (χ2v) is 8.43. The fourth-order valence-electron chi connectivity index (χ4n) is 4.17. The predicted octanol–water partition coefficient (Wildman–Crippen LogP) is 3.67. The zero-order valence-corrected chi connectivity index (χ0v) is 20.0. The van der Waals surface area contributed by atoms with Gasteiger partial charge in [-0.2, -0.15) is 13.2 Å². The molecule has 4 heterocycles. The van der Waals surface area contributed by atoms with Gasteiger partial charge in [-0.05, 0) is 23.8 Å². The van der Waals surface area contributed by atoms with Gasteiger partial charge in [0.2, 0.25) is 17.7 Å². The molecule has 0 spiro atoms. The molecule has 0 bridgehead atoms. The summed E-state index contributed by atoms with van der Waals surface area (Å²) in [6.07, 6.45) is -3.92. The molecule has 1 saturated heterocycles. The molecule has 0 saturated carbocycles. The largest absolute Gasteiger partial charge is 0.481 e. The summed E-state index contributed by atoms with van der Waals surface area (Å²) < 4.78 is 80.7. The van der Waals surface area contributed by atoms with E-state index in [2.05, 4.69) is 19.9 Å². The smallest absolute Gasteiger partial charge is 0.449 e. The van der Waals surface area contributed by atoms with Crippen LogP contribution in [0.5, 0.6) is 5.88 Å². The van der Waals surface area contributed by atoms with Crippen LogP contribution in [0.15, 0.2) is 41.3 Å². The molecule has 4 aromatic rings. The number of hydrogen-bond donors (Lipinski definition) is 0. The van der Waals surface area contributed by atoms with Crippen LogP contribution in [0.4, 0.5) is 27.9 Å². The Kier molecular flexibility index (Phi) is 6.42. The van der Waals surface area contributed by atoms with E-state index in [1.54, 1.807) is 23.2 Å². The molecule has 38 heavy (non-hydrogen) atoms. The molecule has 5 rings (SSSR count). The van der Waals surface area contributed by atoms with Crippen molar-refractivity contribution in [3.05, 3.63) is 69.9 Å². The third-order valence-electron chi connectivity index (χ3n) is 6.04. The summed E-state index contributed by atoms with van der Waals surface area (Å²) in [7, 11) is 2.39. The van der Waals surface area contributed by atoms with Gasteiger partial charge in [-0.1, -0.05) is 0 Å². The average Bonchev–Trinajstić information content (AvgIpc) is 2.90. The molecule has 14 heteroatoms. The van der Waals surface area contributed by atoms with Crippen molar-refractivity contribution in [2.24, 2.45) is 7.05 Å². The number of aromatic nitrogens is 5. The minimum Gasteiger partial charge on any atom is -0.481 e. The minimum atomic E-state index is -4.98. The molecule has 0 N–H and O–H groups in total. The number of anilines is 1. The lowest BCUT2D eigenvalue weighted by atomic mass is 10.1. The maximum Gasteiger partial charge on any atom is 0.449 e. The molecule has 1 atom stereocenters. The summed E-state index contributed by atoms with van der Waals surface area (Å²) in [5.41, 5.74) is -2.08. The van der Waals surface area contributed by atoms with Gasteiger partial charge in [0.25, 0.3) is 5.56 Å². The summed E-state index contributed by atoms with van der Waals surface area (Å²) in [4.78, 5) is 30.9. The Hall–Kier alpha value is -4.20. The third-order valence-corrected chi connectivity index (χ3v) is 6.04. The van der Waals surface area contributed by atoms with Gasteiger partial charge in [0.05, 0.1) is 20.3 Å². The molecule has 0 aliphatic carbocycles. The van der Waals surface area contributed by atoms with Crippen LogP contribution in [0.1, 0.15) is 17.5 Å². The standard InChI is InChI=1S/C24H19F5N6O3/c1-34-21(36)20-19(31-22(34)24(27,28)29)18(14-4-3-13(25)10-15(14)26)32-23(33-20)35-7-8-38-16(11-35)12-5-6-30-17(9-12)37-2/h3-6,9-10,16H,7-8,11H2,1-2H3. The second-order valence-electron chi connectivity index (χ2n) is 8.43. The van der Waals surface area contributed by atoms with Gasteiger partial charge in [-0.25, -0.2) is 28.7 Å². The van der Waals surface area contributed by atoms with Crippen LogP contribution in [0, 0.1) is 11.6 Å². The van der Waals surface area contributed by atoms with Crippen LogP contribution in [0.25, 0.3) is 22.3 Å². The van der Waals surface area contributed by atoms with Gasteiger partial charge in [0.15, 0.2) is 5.52 Å². The first kappa shape index (κ1) is 25.4. The number of nitrogens with zero attached hydrogens (tertiary/aromatic N) is 6. The first-order valence-electron chi connectivity index (χ1n) is 11.2. The van der Waals surface area contributed by atoms with Crippen molar-refractivity contribution in [2.75, 3.05) is 31.7 Å². The molecule has 1 fully saturated rings. The maximum atomic E-state index is 14.8. The van der Waals surface area contributed by atoms with Crippen molar-refractivity contribution in [1.29, 1.82) is 0 Å². The fraction of sp³-hybridized carbons (Fsp3) is 0.292. The Balaban J connectivity index is 1.68. The number of pyridine rings is 1. The number of morpholine rings is 1. The predicted molar refractivity (Wildman–Crippen MR) is 125 cm³/mol. The van der Waals surface area contributed by atoms with Gasteiger partial charge >= 0.3 is 6.18 Å². The van der Waals surface area contributed by atoms with Crippen molar-refractivity contribution < 1.29 is 31.4 Å². The van der Waals surface area contributed by atoms with Crippen LogP contribution >= 0.6 is 0 Å². The van der Waals surface area contributed by atoms with Crippen molar-refractivity contribution in [3.8, 4) is 17.1 Å². The summed E-state index contributed by atoms with van der Waals surface area (Å²) in [6.45, 7) is 0.683. The van der Waals surface area contributed by atoms with E-state index in [4.69, 9.17) is 9.47 Å². The second kappa shape index (κ2) is 9.59. The molecule has 198 valence electrons. The monoisotopic (exact) mass is 534 g/mol. The van der Waals surface area contributed by atoms with Crippen molar-refractivity contribution in [3.63, 3.8) is 0 Å². The maximum absolute atomic E-state index is 14.8. The molecule has 1 unspecified atom stereocenters. The van der Waals surface area contributed by atoms with E-state index in [1.807, 2.05) is 0 Å². The van der Waals surface area contributed by atoms with E-state index in [-0.39, 0.29) is 36.9 Å². The van der Waals surface area contributed by atoms with Crippen LogP contribution in [0.3, 0.4) is 0 Å². The molecule has 1 aliphatic heterocycles. The summed E-state index contributed by atoms with van der Waals surface area (Å²) in [6, 6.07) is 5.94. The zero-order valence-electron chi connectivity index (χ0n) is 20.0. The number of fused-ring (bicyclic) bond motifs is 1. The Bertz CT molecular complexity index is 1590. The van der Waals surface area contributed by atoms with Crippen LogP contribution in [0.2, 0.25) is 0 Å². The highest BCUT2D eigenvalue weighted by Gasteiger charge is 2.37. The lowest BCUT2D eigenvalue weighted by Gasteiger charge is -2.33. The third kappa shape index (κ3) is 4.62. The van der Waals surface area contributed by atoms with Gasteiger partial charge in [-0.15, -0.1) is 0 Å². The molecule has 1 aliphatic rings. The lowest BCUT2D eigenvalue weighted by Crippen LogP contribution is -2.39. The van der Waals surface area contributed by atoms with Crippen molar-refractivity contribution >= 4 is 17.0 Å². The first-order valence-corrected chi connectivity index (χ1v) is 11.2. The van der Waals surface area contributed by atoms with Gasteiger partial charge < -0.3 is 14.4 Å². The van der Waals surface area contributed by atoms with Crippen LogP contribution in [-0.4, -0.2) is 51.3 Å².